The Kier molecular flexibility index (Phi) is 6.04. The van der Waals surface area contributed by atoms with Crippen molar-refractivity contribution >= 4 is 21.8 Å². The van der Waals surface area contributed by atoms with Crippen LogP contribution in [0.25, 0.3) is 0 Å². The maximum Gasteiger partial charge on any atom is 0.239 e. The van der Waals surface area contributed by atoms with E-state index in [1.54, 1.807) is 11.9 Å². The summed E-state index contributed by atoms with van der Waals surface area (Å²) < 4.78 is 1.05. The Bertz CT molecular complexity index is 493. The molecule has 0 aromatic heterocycles. The highest BCUT2D eigenvalue weighted by Crippen LogP contribution is 2.17. The fourth-order valence-corrected chi connectivity index (χ4v) is 2.30. The molecular weight excluding hydrogens is 304 g/mol. The highest BCUT2D eigenvalue weighted by Gasteiger charge is 2.19. The van der Waals surface area contributed by atoms with Gasteiger partial charge in [0.1, 0.15) is 5.92 Å². The minimum Gasteiger partial charge on any atom is -0.344 e. The molecule has 0 saturated carbocycles. The molecule has 1 unspecified atom stereocenters. The highest BCUT2D eigenvalue weighted by atomic mass is 79.9. The van der Waals surface area contributed by atoms with E-state index in [1.165, 1.54) is 11.1 Å². The van der Waals surface area contributed by atoms with Crippen molar-refractivity contribution in [2.24, 2.45) is 5.92 Å². The summed E-state index contributed by atoms with van der Waals surface area (Å²) in [5.74, 6) is -0.605. The predicted molar refractivity (Wildman–Crippen MR) is 79.6 cm³/mol. The summed E-state index contributed by atoms with van der Waals surface area (Å²) >= 11 is 3.45. The predicted octanol–water partition coefficient (Wildman–Crippen LogP) is 3.31. The minimum absolute atomic E-state index is 0.0855. The van der Waals surface area contributed by atoms with Crippen molar-refractivity contribution in [2.45, 2.75) is 26.7 Å². The fourth-order valence-electron chi connectivity index (χ4n) is 1.89. The molecule has 0 saturated heterocycles. The number of hydrogen-bond acceptors (Lipinski definition) is 2. The van der Waals surface area contributed by atoms with E-state index in [2.05, 4.69) is 41.1 Å². The van der Waals surface area contributed by atoms with Crippen LogP contribution in [0.1, 0.15) is 24.5 Å². The van der Waals surface area contributed by atoms with Gasteiger partial charge in [-0.2, -0.15) is 5.26 Å². The summed E-state index contributed by atoms with van der Waals surface area (Å²) in [6, 6.07) is 8.20. The molecule has 102 valence electrons. The van der Waals surface area contributed by atoms with Gasteiger partial charge in [0, 0.05) is 18.1 Å². The average molecular weight is 323 g/mol. The molecule has 0 fully saturated rings. The van der Waals surface area contributed by atoms with Gasteiger partial charge in [0.05, 0.1) is 6.07 Å². The number of likely N-dealkylation sites (N-methyl/N-ethyl adjacent to an activating group) is 1. The quantitative estimate of drug-likeness (QED) is 0.834. The van der Waals surface area contributed by atoms with Crippen molar-refractivity contribution in [3.8, 4) is 6.07 Å². The second-order valence-corrected chi connectivity index (χ2v) is 5.59. The van der Waals surface area contributed by atoms with Gasteiger partial charge in [-0.1, -0.05) is 28.9 Å². The van der Waals surface area contributed by atoms with Crippen molar-refractivity contribution in [1.29, 1.82) is 5.26 Å². The van der Waals surface area contributed by atoms with E-state index in [-0.39, 0.29) is 5.91 Å². The summed E-state index contributed by atoms with van der Waals surface area (Å²) in [5, 5.41) is 8.91. The summed E-state index contributed by atoms with van der Waals surface area (Å²) in [6.07, 6.45) is 1.37. The number of aryl methyl sites for hydroxylation is 1. The maximum atomic E-state index is 12.0. The summed E-state index contributed by atoms with van der Waals surface area (Å²) in [5.41, 5.74) is 2.44. The lowest BCUT2D eigenvalue weighted by Crippen LogP contribution is -2.33. The van der Waals surface area contributed by atoms with Gasteiger partial charge in [0.15, 0.2) is 0 Å². The van der Waals surface area contributed by atoms with Crippen LogP contribution in [0.2, 0.25) is 0 Å². The number of carbonyl (C=O) groups is 1. The zero-order valence-electron chi connectivity index (χ0n) is 11.6. The SMILES string of the molecule is CCC(C#N)C(=O)N(C)CCc1cc(Br)ccc1C. The number of nitriles is 1. The third kappa shape index (κ3) is 4.36. The Balaban J connectivity index is 2.64. The summed E-state index contributed by atoms with van der Waals surface area (Å²) in [6.45, 7) is 4.56. The molecule has 3 nitrogen and oxygen atoms in total. The molecule has 1 atom stereocenters. The largest absolute Gasteiger partial charge is 0.344 e. The lowest BCUT2D eigenvalue weighted by Gasteiger charge is -2.20. The van der Waals surface area contributed by atoms with Crippen LogP contribution in [0.5, 0.6) is 0 Å². The Morgan fingerprint density at radius 3 is 2.79 bits per heavy atom. The molecule has 0 radical (unpaired) electrons. The normalized spacial score (nSPS) is 11.7. The van der Waals surface area contributed by atoms with E-state index < -0.39 is 5.92 Å². The number of benzene rings is 1. The molecule has 0 aliphatic carbocycles. The van der Waals surface area contributed by atoms with E-state index in [9.17, 15) is 4.79 Å². The highest BCUT2D eigenvalue weighted by molar-refractivity contribution is 9.10. The summed E-state index contributed by atoms with van der Waals surface area (Å²) in [7, 11) is 1.76. The molecule has 1 aromatic rings. The molecule has 0 heterocycles. The van der Waals surface area contributed by atoms with Crippen molar-refractivity contribution < 1.29 is 4.79 Å². The molecule has 0 N–H and O–H groups in total. The lowest BCUT2D eigenvalue weighted by atomic mass is 10.0. The van der Waals surface area contributed by atoms with Crippen LogP contribution in [0.3, 0.4) is 0 Å². The molecule has 0 bridgehead atoms. The van der Waals surface area contributed by atoms with Crippen LogP contribution >= 0.6 is 15.9 Å². The molecule has 1 aromatic carbocycles. The van der Waals surface area contributed by atoms with Gasteiger partial charge in [-0.05, 0) is 43.0 Å². The van der Waals surface area contributed by atoms with Crippen molar-refractivity contribution in [3.05, 3.63) is 33.8 Å². The monoisotopic (exact) mass is 322 g/mol. The third-order valence-corrected chi connectivity index (χ3v) is 3.76. The number of hydrogen-bond donors (Lipinski definition) is 0. The van der Waals surface area contributed by atoms with Gasteiger partial charge in [-0.15, -0.1) is 0 Å². The van der Waals surface area contributed by atoms with Gasteiger partial charge in [0.2, 0.25) is 5.91 Å². The second-order valence-electron chi connectivity index (χ2n) is 4.67. The Labute approximate surface area is 123 Å². The van der Waals surface area contributed by atoms with Crippen molar-refractivity contribution in [2.75, 3.05) is 13.6 Å². The topological polar surface area (TPSA) is 44.1 Å². The standard InChI is InChI=1S/C15H19BrN2O/c1-4-12(10-17)15(19)18(3)8-7-13-9-14(16)6-5-11(13)2/h5-6,9,12H,4,7-8H2,1-3H3. The Hall–Kier alpha value is -1.34. The first kappa shape index (κ1) is 15.7. The number of carbonyl (C=O) groups excluding carboxylic acids is 1. The molecule has 0 spiro atoms. The summed E-state index contributed by atoms with van der Waals surface area (Å²) in [4.78, 5) is 13.6. The van der Waals surface area contributed by atoms with Gasteiger partial charge in [-0.25, -0.2) is 0 Å². The third-order valence-electron chi connectivity index (χ3n) is 3.27. The Morgan fingerprint density at radius 1 is 1.53 bits per heavy atom. The van der Waals surface area contributed by atoms with Crippen molar-refractivity contribution in [1.82, 2.24) is 4.90 Å². The zero-order valence-corrected chi connectivity index (χ0v) is 13.2. The molecule has 0 aliphatic heterocycles. The van der Waals surface area contributed by atoms with Crippen LogP contribution in [0.15, 0.2) is 22.7 Å². The van der Waals surface area contributed by atoms with Gasteiger partial charge in [-0.3, -0.25) is 4.79 Å². The number of nitrogens with zero attached hydrogens (tertiary/aromatic N) is 2. The molecule has 1 rings (SSSR count). The number of amides is 1. The first-order valence-corrected chi connectivity index (χ1v) is 7.18. The van der Waals surface area contributed by atoms with E-state index in [0.29, 0.717) is 13.0 Å². The van der Waals surface area contributed by atoms with E-state index in [4.69, 9.17) is 5.26 Å². The Morgan fingerprint density at radius 2 is 2.21 bits per heavy atom. The first-order chi connectivity index (χ1) is 8.99. The molecule has 0 aliphatic rings. The first-order valence-electron chi connectivity index (χ1n) is 6.39. The number of rotatable bonds is 5. The minimum atomic E-state index is -0.520. The van der Waals surface area contributed by atoms with Crippen LogP contribution in [0.4, 0.5) is 0 Å². The number of halogens is 1. The van der Waals surface area contributed by atoms with Gasteiger partial charge < -0.3 is 4.90 Å². The van der Waals surface area contributed by atoms with E-state index in [1.807, 2.05) is 13.0 Å². The van der Waals surface area contributed by atoms with E-state index in [0.717, 1.165) is 10.9 Å². The van der Waals surface area contributed by atoms with Crippen LogP contribution in [-0.4, -0.2) is 24.4 Å². The average Bonchev–Trinajstić information content (AvgIpc) is 2.40. The zero-order chi connectivity index (χ0) is 14.4. The molecule has 4 heteroatoms. The molecule has 1 amide bonds. The second kappa shape index (κ2) is 7.30. The van der Waals surface area contributed by atoms with Crippen LogP contribution < -0.4 is 0 Å². The lowest BCUT2D eigenvalue weighted by molar-refractivity contribution is -0.132. The molecule has 19 heavy (non-hydrogen) atoms. The van der Waals surface area contributed by atoms with Crippen LogP contribution in [-0.2, 0) is 11.2 Å². The van der Waals surface area contributed by atoms with Gasteiger partial charge in [0.25, 0.3) is 0 Å². The molecular formula is C15H19BrN2O. The van der Waals surface area contributed by atoms with Crippen molar-refractivity contribution in [3.63, 3.8) is 0 Å². The maximum absolute atomic E-state index is 12.0. The van der Waals surface area contributed by atoms with Crippen LogP contribution in [0, 0.1) is 24.2 Å². The fraction of sp³-hybridized carbons (Fsp3) is 0.467. The van der Waals surface area contributed by atoms with E-state index >= 15 is 0 Å². The smallest absolute Gasteiger partial charge is 0.239 e. The van der Waals surface area contributed by atoms with Gasteiger partial charge >= 0.3 is 0 Å².